The Morgan fingerprint density at radius 2 is 2.05 bits per heavy atom. The number of fused-ring (bicyclic) bond motifs is 1. The third kappa shape index (κ3) is 2.13. The van der Waals surface area contributed by atoms with Crippen LogP contribution in [0.2, 0.25) is 0 Å². The minimum absolute atomic E-state index is 0.830. The van der Waals surface area contributed by atoms with E-state index < -0.39 is 0 Å². The van der Waals surface area contributed by atoms with Crippen molar-refractivity contribution in [3.8, 4) is 16.3 Å². The van der Waals surface area contributed by atoms with Crippen LogP contribution in [0.4, 0.5) is 0 Å². The quantitative estimate of drug-likeness (QED) is 0.691. The van der Waals surface area contributed by atoms with E-state index in [4.69, 9.17) is 4.74 Å². The van der Waals surface area contributed by atoms with Gasteiger partial charge in [-0.25, -0.2) is 4.98 Å². The Kier molecular flexibility index (Phi) is 3.05. The zero-order valence-corrected chi connectivity index (χ0v) is 11.4. The summed E-state index contributed by atoms with van der Waals surface area (Å²) in [7, 11) is 1.68. The molecule has 0 aliphatic rings. The van der Waals surface area contributed by atoms with E-state index >= 15 is 0 Å². The van der Waals surface area contributed by atoms with Gasteiger partial charge in [0, 0.05) is 0 Å². The highest BCUT2D eigenvalue weighted by atomic mass is 32.1. The normalized spacial score (nSPS) is 10.6. The Morgan fingerprint density at radius 3 is 2.79 bits per heavy atom. The van der Waals surface area contributed by atoms with E-state index in [0.29, 0.717) is 0 Å². The first-order chi connectivity index (χ1) is 9.31. The molecule has 2 nitrogen and oxygen atoms in total. The SMILES string of the molecule is C=Cc1ccc(-c2nc3ccccc3s2)c(OC)c1. The molecule has 0 radical (unpaired) electrons. The van der Waals surface area contributed by atoms with Crippen molar-refractivity contribution in [3.05, 3.63) is 54.6 Å². The molecule has 0 unspecified atom stereocenters. The molecule has 2 aromatic carbocycles. The van der Waals surface area contributed by atoms with E-state index in [1.54, 1.807) is 18.4 Å². The van der Waals surface area contributed by atoms with Crippen LogP contribution in [0.5, 0.6) is 5.75 Å². The number of methoxy groups -OCH3 is 1. The van der Waals surface area contributed by atoms with Gasteiger partial charge < -0.3 is 4.74 Å². The van der Waals surface area contributed by atoms with Gasteiger partial charge in [0.05, 0.1) is 22.9 Å². The van der Waals surface area contributed by atoms with Crippen molar-refractivity contribution in [2.45, 2.75) is 0 Å². The zero-order valence-electron chi connectivity index (χ0n) is 10.6. The minimum atomic E-state index is 0.830. The first-order valence-electron chi connectivity index (χ1n) is 5.98. The molecule has 0 bridgehead atoms. The van der Waals surface area contributed by atoms with Crippen molar-refractivity contribution in [1.82, 2.24) is 4.98 Å². The van der Waals surface area contributed by atoms with Crippen LogP contribution in [0, 0.1) is 0 Å². The molecule has 19 heavy (non-hydrogen) atoms. The van der Waals surface area contributed by atoms with Crippen LogP contribution < -0.4 is 4.74 Å². The lowest BCUT2D eigenvalue weighted by Gasteiger charge is -2.06. The van der Waals surface area contributed by atoms with E-state index in [0.717, 1.165) is 27.4 Å². The van der Waals surface area contributed by atoms with Crippen molar-refractivity contribution >= 4 is 27.6 Å². The highest BCUT2D eigenvalue weighted by Crippen LogP contribution is 2.36. The molecule has 3 heteroatoms. The molecule has 3 aromatic rings. The smallest absolute Gasteiger partial charge is 0.129 e. The van der Waals surface area contributed by atoms with Gasteiger partial charge in [-0.2, -0.15) is 0 Å². The Morgan fingerprint density at radius 1 is 1.21 bits per heavy atom. The Hall–Kier alpha value is -2.13. The second-order valence-electron chi connectivity index (χ2n) is 4.15. The molecule has 0 saturated carbocycles. The lowest BCUT2D eigenvalue weighted by molar-refractivity contribution is 0.416. The van der Waals surface area contributed by atoms with Gasteiger partial charge in [0.1, 0.15) is 10.8 Å². The second kappa shape index (κ2) is 4.86. The van der Waals surface area contributed by atoms with Crippen molar-refractivity contribution in [3.63, 3.8) is 0 Å². The van der Waals surface area contributed by atoms with Crippen LogP contribution in [0.3, 0.4) is 0 Å². The van der Waals surface area contributed by atoms with Gasteiger partial charge in [-0.15, -0.1) is 11.3 Å². The van der Waals surface area contributed by atoms with Crippen LogP contribution >= 0.6 is 11.3 Å². The number of rotatable bonds is 3. The van der Waals surface area contributed by atoms with Gasteiger partial charge >= 0.3 is 0 Å². The molecule has 0 spiro atoms. The number of aromatic nitrogens is 1. The summed E-state index contributed by atoms with van der Waals surface area (Å²) in [5.41, 5.74) is 3.09. The molecule has 0 N–H and O–H groups in total. The molecule has 3 rings (SSSR count). The van der Waals surface area contributed by atoms with Crippen LogP contribution in [-0.4, -0.2) is 12.1 Å². The van der Waals surface area contributed by atoms with Gasteiger partial charge in [0.2, 0.25) is 0 Å². The predicted octanol–water partition coefficient (Wildman–Crippen LogP) is 4.61. The van der Waals surface area contributed by atoms with Crippen LogP contribution in [0.25, 0.3) is 26.9 Å². The van der Waals surface area contributed by atoms with Gasteiger partial charge in [-0.3, -0.25) is 0 Å². The lowest BCUT2D eigenvalue weighted by atomic mass is 10.1. The molecule has 0 atom stereocenters. The maximum atomic E-state index is 5.46. The van der Waals surface area contributed by atoms with Crippen molar-refractivity contribution in [2.75, 3.05) is 7.11 Å². The first-order valence-corrected chi connectivity index (χ1v) is 6.80. The standard InChI is InChI=1S/C16H13NOS/c1-3-11-8-9-12(14(10-11)18-2)16-17-13-6-4-5-7-15(13)19-16/h3-10H,1H2,2H3. The highest BCUT2D eigenvalue weighted by Gasteiger charge is 2.11. The highest BCUT2D eigenvalue weighted by molar-refractivity contribution is 7.21. The van der Waals surface area contributed by atoms with Gasteiger partial charge in [0.25, 0.3) is 0 Å². The number of thiazole rings is 1. The molecule has 1 heterocycles. The third-order valence-corrected chi connectivity index (χ3v) is 4.06. The maximum absolute atomic E-state index is 5.46. The van der Waals surface area contributed by atoms with Gasteiger partial charge in [-0.1, -0.05) is 30.9 Å². The predicted molar refractivity (Wildman–Crippen MR) is 81.7 cm³/mol. The van der Waals surface area contributed by atoms with Crippen LogP contribution in [0.15, 0.2) is 49.0 Å². The molecule has 0 amide bonds. The Bertz CT molecular complexity index is 712. The van der Waals surface area contributed by atoms with Crippen LogP contribution in [0.1, 0.15) is 5.56 Å². The van der Waals surface area contributed by atoms with Crippen molar-refractivity contribution < 1.29 is 4.74 Å². The Balaban J connectivity index is 2.17. The average Bonchev–Trinajstić information content (AvgIpc) is 2.90. The maximum Gasteiger partial charge on any atom is 0.129 e. The number of para-hydroxylation sites is 1. The van der Waals surface area contributed by atoms with Gasteiger partial charge in [-0.05, 0) is 29.8 Å². The molecule has 0 fully saturated rings. The first kappa shape index (κ1) is 11.9. The summed E-state index contributed by atoms with van der Waals surface area (Å²) in [5.74, 6) is 0.830. The number of hydrogen-bond donors (Lipinski definition) is 0. The van der Waals surface area contributed by atoms with Crippen molar-refractivity contribution in [1.29, 1.82) is 0 Å². The molecule has 0 aliphatic heterocycles. The summed E-state index contributed by atoms with van der Waals surface area (Å²) in [5, 5.41) is 0.980. The summed E-state index contributed by atoms with van der Waals surface area (Å²) in [6.45, 7) is 3.77. The fraction of sp³-hybridized carbons (Fsp3) is 0.0625. The number of ether oxygens (including phenoxy) is 1. The molecule has 94 valence electrons. The zero-order chi connectivity index (χ0) is 13.2. The molecule has 0 aliphatic carbocycles. The van der Waals surface area contributed by atoms with E-state index in [1.165, 1.54) is 4.70 Å². The number of nitrogens with zero attached hydrogens (tertiary/aromatic N) is 1. The molecule has 0 saturated heterocycles. The Labute approximate surface area is 116 Å². The lowest BCUT2D eigenvalue weighted by Crippen LogP contribution is -1.88. The topological polar surface area (TPSA) is 22.1 Å². The molecular formula is C16H13NOS. The largest absolute Gasteiger partial charge is 0.496 e. The fourth-order valence-corrected chi connectivity index (χ4v) is 2.99. The number of benzene rings is 2. The summed E-state index contributed by atoms with van der Waals surface area (Å²) >= 11 is 1.68. The minimum Gasteiger partial charge on any atom is -0.496 e. The summed E-state index contributed by atoms with van der Waals surface area (Å²) in [6, 6.07) is 14.2. The second-order valence-corrected chi connectivity index (χ2v) is 5.18. The van der Waals surface area contributed by atoms with E-state index in [2.05, 4.69) is 17.6 Å². The van der Waals surface area contributed by atoms with Crippen molar-refractivity contribution in [2.24, 2.45) is 0 Å². The summed E-state index contributed by atoms with van der Waals surface area (Å²) in [4.78, 5) is 4.66. The monoisotopic (exact) mass is 267 g/mol. The molecule has 1 aromatic heterocycles. The van der Waals surface area contributed by atoms with Crippen LogP contribution in [-0.2, 0) is 0 Å². The fourth-order valence-electron chi connectivity index (χ4n) is 2.00. The summed E-state index contributed by atoms with van der Waals surface area (Å²) in [6.07, 6.45) is 1.81. The number of hydrogen-bond acceptors (Lipinski definition) is 3. The third-order valence-electron chi connectivity index (χ3n) is 2.99. The average molecular weight is 267 g/mol. The molecular weight excluding hydrogens is 254 g/mol. The van der Waals surface area contributed by atoms with Gasteiger partial charge in [0.15, 0.2) is 0 Å². The van der Waals surface area contributed by atoms with E-state index in [1.807, 2.05) is 42.5 Å². The van der Waals surface area contributed by atoms with E-state index in [-0.39, 0.29) is 0 Å². The van der Waals surface area contributed by atoms with E-state index in [9.17, 15) is 0 Å². The summed E-state index contributed by atoms with van der Waals surface area (Å²) < 4.78 is 6.64.